The van der Waals surface area contributed by atoms with Crippen molar-refractivity contribution in [3.8, 4) is 5.75 Å². The average molecular weight is 332 g/mol. The fraction of sp³-hybridized carbons (Fsp3) is 0.529. The van der Waals surface area contributed by atoms with Crippen LogP contribution in [-0.2, 0) is 4.74 Å². The first kappa shape index (κ1) is 15.5. The molecule has 0 amide bonds. The molecule has 2 aliphatic heterocycles. The molecule has 1 unspecified atom stereocenters. The Morgan fingerprint density at radius 2 is 2.04 bits per heavy atom. The summed E-state index contributed by atoms with van der Waals surface area (Å²) in [6, 6.07) is 3.62. The quantitative estimate of drug-likeness (QED) is 0.853. The molecule has 0 spiro atoms. The van der Waals surface area contributed by atoms with Gasteiger partial charge < -0.3 is 14.4 Å². The highest BCUT2D eigenvalue weighted by atomic mass is 19.1. The summed E-state index contributed by atoms with van der Waals surface area (Å²) in [7, 11) is 1.47. The van der Waals surface area contributed by atoms with E-state index >= 15 is 0 Å². The van der Waals surface area contributed by atoms with Crippen LogP contribution in [0.1, 0.15) is 6.42 Å². The Hall–Kier alpha value is -1.99. The van der Waals surface area contributed by atoms with E-state index in [9.17, 15) is 4.39 Å². The Morgan fingerprint density at radius 3 is 2.83 bits per heavy atom. The predicted molar refractivity (Wildman–Crippen MR) is 89.1 cm³/mol. The summed E-state index contributed by atoms with van der Waals surface area (Å²) in [5, 5.41) is 0.832. The van der Waals surface area contributed by atoms with Gasteiger partial charge in [0.05, 0.1) is 25.8 Å². The van der Waals surface area contributed by atoms with Crippen LogP contribution in [0, 0.1) is 5.82 Å². The molecule has 7 heteroatoms. The maximum absolute atomic E-state index is 13.9. The number of hydrogen-bond acceptors (Lipinski definition) is 6. The van der Waals surface area contributed by atoms with Crippen molar-refractivity contribution in [3.63, 3.8) is 0 Å². The first-order valence-electron chi connectivity index (χ1n) is 8.31. The van der Waals surface area contributed by atoms with E-state index in [0.717, 1.165) is 57.0 Å². The van der Waals surface area contributed by atoms with E-state index in [1.807, 2.05) is 0 Å². The number of benzene rings is 1. The van der Waals surface area contributed by atoms with Crippen LogP contribution in [0.3, 0.4) is 0 Å². The van der Waals surface area contributed by atoms with Gasteiger partial charge in [0.15, 0.2) is 11.6 Å². The van der Waals surface area contributed by atoms with Crippen LogP contribution in [-0.4, -0.2) is 67.4 Å². The molecule has 2 aliphatic rings. The molecule has 2 aromatic rings. The fourth-order valence-electron chi connectivity index (χ4n) is 3.63. The third-order valence-electron chi connectivity index (χ3n) is 4.91. The second-order valence-corrected chi connectivity index (χ2v) is 6.24. The van der Waals surface area contributed by atoms with Crippen LogP contribution in [0.2, 0.25) is 0 Å². The molecule has 0 aliphatic carbocycles. The Labute approximate surface area is 140 Å². The van der Waals surface area contributed by atoms with Gasteiger partial charge in [-0.25, -0.2) is 14.4 Å². The van der Waals surface area contributed by atoms with E-state index in [-0.39, 0.29) is 5.75 Å². The summed E-state index contributed by atoms with van der Waals surface area (Å²) in [5.74, 6) is 0.679. The minimum absolute atomic E-state index is 0.225. The second kappa shape index (κ2) is 6.49. The lowest BCUT2D eigenvalue weighted by atomic mass is 10.2. The van der Waals surface area contributed by atoms with E-state index in [0.29, 0.717) is 11.6 Å². The highest BCUT2D eigenvalue weighted by Gasteiger charge is 2.30. The average Bonchev–Trinajstić information content (AvgIpc) is 3.11. The lowest BCUT2D eigenvalue weighted by Crippen LogP contribution is -2.44. The van der Waals surface area contributed by atoms with Crippen molar-refractivity contribution in [1.29, 1.82) is 0 Å². The smallest absolute Gasteiger partial charge is 0.167 e. The SMILES string of the molecule is COc1cc2c(N3CCC(N4CCOCC4)C3)ncnc2cc1F. The zero-order valence-corrected chi connectivity index (χ0v) is 13.7. The van der Waals surface area contributed by atoms with Gasteiger partial charge in [-0.05, 0) is 12.5 Å². The summed E-state index contributed by atoms with van der Waals surface area (Å²) >= 11 is 0. The van der Waals surface area contributed by atoms with Crippen molar-refractivity contribution < 1.29 is 13.9 Å². The van der Waals surface area contributed by atoms with Crippen molar-refractivity contribution in [2.75, 3.05) is 51.4 Å². The molecular formula is C17H21FN4O2. The summed E-state index contributed by atoms with van der Waals surface area (Å²) < 4.78 is 24.5. The van der Waals surface area contributed by atoms with Crippen molar-refractivity contribution in [2.24, 2.45) is 0 Å². The number of methoxy groups -OCH3 is 1. The number of halogens is 1. The van der Waals surface area contributed by atoms with Crippen LogP contribution >= 0.6 is 0 Å². The zero-order valence-electron chi connectivity index (χ0n) is 13.7. The van der Waals surface area contributed by atoms with Gasteiger partial charge in [0, 0.05) is 43.7 Å². The van der Waals surface area contributed by atoms with Gasteiger partial charge in [0.25, 0.3) is 0 Å². The fourth-order valence-corrected chi connectivity index (χ4v) is 3.63. The molecule has 1 aromatic carbocycles. The summed E-state index contributed by atoms with van der Waals surface area (Å²) in [6.07, 6.45) is 2.61. The standard InChI is InChI=1S/C17H21FN4O2/c1-23-16-8-13-15(9-14(16)18)19-11-20-17(13)22-3-2-12(10-22)21-4-6-24-7-5-21/h8-9,11-12H,2-7,10H2,1H3. The number of rotatable bonds is 3. The summed E-state index contributed by atoms with van der Waals surface area (Å²) in [5.41, 5.74) is 0.605. The number of aromatic nitrogens is 2. The molecule has 0 radical (unpaired) electrons. The number of fused-ring (bicyclic) bond motifs is 1. The van der Waals surface area contributed by atoms with E-state index in [1.54, 1.807) is 6.07 Å². The largest absolute Gasteiger partial charge is 0.494 e. The Bertz CT molecular complexity index is 736. The van der Waals surface area contributed by atoms with Gasteiger partial charge in [-0.15, -0.1) is 0 Å². The molecule has 0 bridgehead atoms. The summed E-state index contributed by atoms with van der Waals surface area (Å²) in [6.45, 7) is 5.45. The maximum Gasteiger partial charge on any atom is 0.167 e. The first-order valence-corrected chi connectivity index (χ1v) is 8.31. The maximum atomic E-state index is 13.9. The minimum Gasteiger partial charge on any atom is -0.494 e. The normalized spacial score (nSPS) is 22.2. The van der Waals surface area contributed by atoms with E-state index < -0.39 is 5.82 Å². The predicted octanol–water partition coefficient (Wildman–Crippen LogP) is 1.69. The van der Waals surface area contributed by atoms with Gasteiger partial charge in [0.1, 0.15) is 12.1 Å². The van der Waals surface area contributed by atoms with Gasteiger partial charge in [-0.1, -0.05) is 0 Å². The number of ether oxygens (including phenoxy) is 2. The van der Waals surface area contributed by atoms with Gasteiger partial charge in [-0.3, -0.25) is 4.90 Å². The molecule has 24 heavy (non-hydrogen) atoms. The minimum atomic E-state index is -0.401. The molecule has 0 saturated carbocycles. The first-order chi connectivity index (χ1) is 11.8. The van der Waals surface area contributed by atoms with Crippen molar-refractivity contribution in [3.05, 3.63) is 24.3 Å². The number of hydrogen-bond donors (Lipinski definition) is 0. The van der Waals surface area contributed by atoms with Gasteiger partial charge >= 0.3 is 0 Å². The molecule has 2 saturated heterocycles. The Morgan fingerprint density at radius 1 is 1.21 bits per heavy atom. The third-order valence-corrected chi connectivity index (χ3v) is 4.91. The molecule has 4 rings (SSSR count). The number of anilines is 1. The third kappa shape index (κ3) is 2.78. The van der Waals surface area contributed by atoms with Gasteiger partial charge in [-0.2, -0.15) is 0 Å². The molecule has 2 fully saturated rings. The lowest BCUT2D eigenvalue weighted by molar-refractivity contribution is 0.0209. The monoisotopic (exact) mass is 332 g/mol. The Balaban J connectivity index is 1.62. The molecule has 1 atom stereocenters. The van der Waals surface area contributed by atoms with E-state index in [4.69, 9.17) is 9.47 Å². The molecule has 128 valence electrons. The van der Waals surface area contributed by atoms with Crippen LogP contribution in [0.15, 0.2) is 18.5 Å². The van der Waals surface area contributed by atoms with Crippen molar-refractivity contribution in [1.82, 2.24) is 14.9 Å². The lowest BCUT2D eigenvalue weighted by Gasteiger charge is -2.32. The number of morpholine rings is 1. The highest BCUT2D eigenvalue weighted by molar-refractivity contribution is 5.90. The topological polar surface area (TPSA) is 50.7 Å². The van der Waals surface area contributed by atoms with E-state index in [2.05, 4.69) is 19.8 Å². The zero-order chi connectivity index (χ0) is 16.5. The molecule has 1 aromatic heterocycles. The van der Waals surface area contributed by atoms with Gasteiger partial charge in [0.2, 0.25) is 0 Å². The van der Waals surface area contributed by atoms with Crippen molar-refractivity contribution >= 4 is 16.7 Å². The van der Waals surface area contributed by atoms with Crippen LogP contribution < -0.4 is 9.64 Å². The van der Waals surface area contributed by atoms with Crippen LogP contribution in [0.25, 0.3) is 10.9 Å². The number of nitrogens with zero attached hydrogens (tertiary/aromatic N) is 4. The molecule has 3 heterocycles. The molecule has 6 nitrogen and oxygen atoms in total. The van der Waals surface area contributed by atoms with E-state index in [1.165, 1.54) is 19.5 Å². The molecular weight excluding hydrogens is 311 g/mol. The summed E-state index contributed by atoms with van der Waals surface area (Å²) in [4.78, 5) is 13.4. The van der Waals surface area contributed by atoms with Crippen LogP contribution in [0.5, 0.6) is 5.75 Å². The van der Waals surface area contributed by atoms with Crippen LogP contribution in [0.4, 0.5) is 10.2 Å². The Kier molecular flexibility index (Phi) is 4.20. The van der Waals surface area contributed by atoms with Crippen molar-refractivity contribution in [2.45, 2.75) is 12.5 Å². The molecule has 0 N–H and O–H groups in total. The highest BCUT2D eigenvalue weighted by Crippen LogP contribution is 2.31. The second-order valence-electron chi connectivity index (χ2n) is 6.24.